The second kappa shape index (κ2) is 12.0. The molecule has 0 aliphatic carbocycles. The number of esters is 1. The summed E-state index contributed by atoms with van der Waals surface area (Å²) in [6, 6.07) is 9.37. The van der Waals surface area contributed by atoms with Gasteiger partial charge >= 0.3 is 5.97 Å². The number of carbonyl (C=O) groups excluding carboxylic acids is 3. The highest BCUT2D eigenvalue weighted by Gasteiger charge is 2.17. The molecule has 0 fully saturated rings. The molecule has 0 unspecified atom stereocenters. The first-order chi connectivity index (χ1) is 12.1. The van der Waals surface area contributed by atoms with Crippen LogP contribution in [-0.2, 0) is 30.3 Å². The summed E-state index contributed by atoms with van der Waals surface area (Å²) in [7, 11) is 1.52. The SMILES string of the molecule is CCOC(=O)CN(CCOC)C(=O)CCNC(=O)Cc1ccccc1. The van der Waals surface area contributed by atoms with Crippen molar-refractivity contribution in [3.63, 3.8) is 0 Å². The number of hydrogen-bond donors (Lipinski definition) is 1. The van der Waals surface area contributed by atoms with E-state index in [1.807, 2.05) is 30.3 Å². The molecule has 0 aliphatic heterocycles. The van der Waals surface area contributed by atoms with Gasteiger partial charge in [0, 0.05) is 26.6 Å². The predicted octanol–water partition coefficient (Wildman–Crippen LogP) is 0.774. The van der Waals surface area contributed by atoms with E-state index in [1.165, 1.54) is 12.0 Å². The van der Waals surface area contributed by atoms with Crippen LogP contribution in [-0.4, -0.2) is 62.6 Å². The Kier molecular flexibility index (Phi) is 9.92. The Morgan fingerprint density at radius 2 is 1.88 bits per heavy atom. The van der Waals surface area contributed by atoms with E-state index < -0.39 is 5.97 Å². The summed E-state index contributed by atoms with van der Waals surface area (Å²) in [6.45, 7) is 2.70. The first kappa shape index (κ1) is 20.6. The average molecular weight is 350 g/mol. The van der Waals surface area contributed by atoms with Gasteiger partial charge in [-0.1, -0.05) is 30.3 Å². The zero-order chi connectivity index (χ0) is 18.5. The minimum Gasteiger partial charge on any atom is -0.465 e. The summed E-state index contributed by atoms with van der Waals surface area (Å²) in [4.78, 5) is 37.1. The summed E-state index contributed by atoms with van der Waals surface area (Å²) in [5.74, 6) is -0.835. The van der Waals surface area contributed by atoms with Crippen LogP contribution in [0.1, 0.15) is 18.9 Å². The molecular formula is C18H26N2O5. The van der Waals surface area contributed by atoms with Gasteiger partial charge in [0.2, 0.25) is 11.8 Å². The number of rotatable bonds is 11. The van der Waals surface area contributed by atoms with E-state index in [2.05, 4.69) is 5.32 Å². The molecule has 0 spiro atoms. The number of hydrogen-bond acceptors (Lipinski definition) is 5. The molecule has 7 heteroatoms. The quantitative estimate of drug-likeness (QED) is 0.596. The van der Waals surface area contributed by atoms with Gasteiger partial charge in [-0.15, -0.1) is 0 Å². The molecule has 7 nitrogen and oxygen atoms in total. The monoisotopic (exact) mass is 350 g/mol. The molecule has 1 rings (SSSR count). The average Bonchev–Trinajstić information content (AvgIpc) is 2.59. The Bertz CT molecular complexity index is 548. The van der Waals surface area contributed by atoms with Gasteiger partial charge in [-0.25, -0.2) is 0 Å². The molecule has 1 aromatic carbocycles. The number of amides is 2. The van der Waals surface area contributed by atoms with E-state index >= 15 is 0 Å². The maximum absolute atomic E-state index is 12.2. The zero-order valence-electron chi connectivity index (χ0n) is 14.8. The third-order valence-corrected chi connectivity index (χ3v) is 3.41. The van der Waals surface area contributed by atoms with Gasteiger partial charge in [-0.2, -0.15) is 0 Å². The first-order valence-corrected chi connectivity index (χ1v) is 8.29. The summed E-state index contributed by atoms with van der Waals surface area (Å²) in [5.41, 5.74) is 0.912. The fourth-order valence-corrected chi connectivity index (χ4v) is 2.17. The van der Waals surface area contributed by atoms with Crippen LogP contribution in [0, 0.1) is 0 Å². The highest BCUT2D eigenvalue weighted by atomic mass is 16.5. The molecular weight excluding hydrogens is 324 g/mol. The van der Waals surface area contributed by atoms with E-state index in [9.17, 15) is 14.4 Å². The molecule has 138 valence electrons. The van der Waals surface area contributed by atoms with E-state index in [0.29, 0.717) is 13.2 Å². The van der Waals surface area contributed by atoms with Crippen LogP contribution < -0.4 is 5.32 Å². The van der Waals surface area contributed by atoms with E-state index in [1.54, 1.807) is 6.92 Å². The van der Waals surface area contributed by atoms with E-state index in [0.717, 1.165) is 5.56 Å². The lowest BCUT2D eigenvalue weighted by Gasteiger charge is -2.21. The van der Waals surface area contributed by atoms with Crippen molar-refractivity contribution >= 4 is 17.8 Å². The van der Waals surface area contributed by atoms with Crippen molar-refractivity contribution in [1.29, 1.82) is 0 Å². The number of ether oxygens (including phenoxy) is 2. The Labute approximate surface area is 148 Å². The number of nitrogens with one attached hydrogen (secondary N) is 1. The molecule has 2 amide bonds. The Hall–Kier alpha value is -2.41. The molecule has 0 bridgehead atoms. The Balaban J connectivity index is 2.39. The number of methoxy groups -OCH3 is 1. The lowest BCUT2D eigenvalue weighted by atomic mass is 10.1. The van der Waals surface area contributed by atoms with Gasteiger partial charge in [0.05, 0.1) is 19.6 Å². The fourth-order valence-electron chi connectivity index (χ4n) is 2.17. The third kappa shape index (κ3) is 8.85. The van der Waals surface area contributed by atoms with Crippen molar-refractivity contribution in [3.8, 4) is 0 Å². The summed E-state index contributed by atoms with van der Waals surface area (Å²) >= 11 is 0. The molecule has 1 N–H and O–H groups in total. The maximum atomic E-state index is 12.2. The topological polar surface area (TPSA) is 84.9 Å². The number of nitrogens with zero attached hydrogens (tertiary/aromatic N) is 1. The Morgan fingerprint density at radius 1 is 1.16 bits per heavy atom. The van der Waals surface area contributed by atoms with Crippen LogP contribution >= 0.6 is 0 Å². The van der Waals surface area contributed by atoms with Gasteiger partial charge in [0.25, 0.3) is 0 Å². The predicted molar refractivity (Wildman–Crippen MR) is 92.9 cm³/mol. The normalized spacial score (nSPS) is 10.2. The molecule has 0 saturated carbocycles. The molecule has 25 heavy (non-hydrogen) atoms. The summed E-state index contributed by atoms with van der Waals surface area (Å²) < 4.78 is 9.83. The number of benzene rings is 1. The van der Waals surface area contributed by atoms with Gasteiger partial charge in [-0.3, -0.25) is 14.4 Å². The molecule has 0 aromatic heterocycles. The van der Waals surface area contributed by atoms with Gasteiger partial charge in [-0.05, 0) is 12.5 Å². The molecule has 0 radical (unpaired) electrons. The zero-order valence-corrected chi connectivity index (χ0v) is 14.8. The van der Waals surface area contributed by atoms with Gasteiger partial charge < -0.3 is 19.7 Å². The minimum absolute atomic E-state index is 0.115. The van der Waals surface area contributed by atoms with Crippen LogP contribution in [0.3, 0.4) is 0 Å². The molecule has 0 heterocycles. The van der Waals surface area contributed by atoms with Crippen molar-refractivity contribution in [2.24, 2.45) is 0 Å². The standard InChI is InChI=1S/C18H26N2O5/c1-3-25-18(23)14-20(11-12-24-2)17(22)9-10-19-16(21)13-15-7-5-4-6-8-15/h4-8H,3,9-14H2,1-2H3,(H,19,21). The largest absolute Gasteiger partial charge is 0.465 e. The van der Waals surface area contributed by atoms with Crippen LogP contribution in [0.15, 0.2) is 30.3 Å². The lowest BCUT2D eigenvalue weighted by molar-refractivity contribution is -0.149. The van der Waals surface area contributed by atoms with Gasteiger partial charge in [0.15, 0.2) is 0 Å². The van der Waals surface area contributed by atoms with Crippen molar-refractivity contribution in [2.45, 2.75) is 19.8 Å². The van der Waals surface area contributed by atoms with Crippen molar-refractivity contribution in [2.75, 3.05) is 40.0 Å². The van der Waals surface area contributed by atoms with E-state index in [-0.39, 0.29) is 44.4 Å². The Morgan fingerprint density at radius 3 is 2.52 bits per heavy atom. The van der Waals surface area contributed by atoms with E-state index in [4.69, 9.17) is 9.47 Å². The van der Waals surface area contributed by atoms with Crippen LogP contribution in [0.4, 0.5) is 0 Å². The summed E-state index contributed by atoms with van der Waals surface area (Å²) in [5, 5.41) is 2.72. The molecule has 0 aliphatic rings. The van der Waals surface area contributed by atoms with Crippen molar-refractivity contribution in [3.05, 3.63) is 35.9 Å². The fraction of sp³-hybridized carbons (Fsp3) is 0.500. The van der Waals surface area contributed by atoms with Crippen LogP contribution in [0.2, 0.25) is 0 Å². The lowest BCUT2D eigenvalue weighted by Crippen LogP contribution is -2.40. The molecule has 0 saturated heterocycles. The van der Waals surface area contributed by atoms with Crippen LogP contribution in [0.5, 0.6) is 0 Å². The number of carbonyl (C=O) groups is 3. The van der Waals surface area contributed by atoms with Crippen LogP contribution in [0.25, 0.3) is 0 Å². The highest BCUT2D eigenvalue weighted by molar-refractivity contribution is 5.83. The molecule has 0 atom stereocenters. The van der Waals surface area contributed by atoms with Crippen molar-refractivity contribution < 1.29 is 23.9 Å². The van der Waals surface area contributed by atoms with Gasteiger partial charge in [0.1, 0.15) is 6.54 Å². The second-order valence-electron chi connectivity index (χ2n) is 5.38. The smallest absolute Gasteiger partial charge is 0.325 e. The summed E-state index contributed by atoms with van der Waals surface area (Å²) in [6.07, 6.45) is 0.384. The molecule has 1 aromatic rings. The second-order valence-corrected chi connectivity index (χ2v) is 5.38. The first-order valence-electron chi connectivity index (χ1n) is 8.29. The minimum atomic E-state index is -0.458. The third-order valence-electron chi connectivity index (χ3n) is 3.41. The highest BCUT2D eigenvalue weighted by Crippen LogP contribution is 2.00. The van der Waals surface area contributed by atoms with Crippen molar-refractivity contribution in [1.82, 2.24) is 10.2 Å². The maximum Gasteiger partial charge on any atom is 0.325 e.